The minimum absolute atomic E-state index is 0.129. The highest BCUT2D eigenvalue weighted by atomic mass is 16.5. The molecule has 1 unspecified atom stereocenters. The molecule has 1 heterocycles. The first kappa shape index (κ1) is 15.9. The van der Waals surface area contributed by atoms with Crippen molar-refractivity contribution in [3.8, 4) is 0 Å². The number of hydrogen-bond acceptors (Lipinski definition) is 4. The normalized spacial score (nSPS) is 12.0. The average molecular weight is 282 g/mol. The predicted octanol–water partition coefficient (Wildman–Crippen LogP) is 0.664. The van der Waals surface area contributed by atoms with Crippen LogP contribution < -0.4 is 5.32 Å². The lowest BCUT2D eigenvalue weighted by Gasteiger charge is -2.11. The van der Waals surface area contributed by atoms with Crippen LogP contribution in [0.4, 0.5) is 0 Å². The van der Waals surface area contributed by atoms with Gasteiger partial charge in [-0.3, -0.25) is 9.59 Å². The SMILES string of the molecule is COC(CNC(=O)c1[nH]c(C)c(C(C)=O)c1C)C(=O)O. The molecule has 20 heavy (non-hydrogen) atoms. The maximum atomic E-state index is 12.0. The van der Waals surface area contributed by atoms with Crippen LogP contribution in [0.2, 0.25) is 0 Å². The van der Waals surface area contributed by atoms with Gasteiger partial charge in [-0.2, -0.15) is 0 Å². The Hall–Kier alpha value is -2.15. The lowest BCUT2D eigenvalue weighted by atomic mass is 10.1. The Morgan fingerprint density at radius 1 is 1.35 bits per heavy atom. The van der Waals surface area contributed by atoms with Crippen LogP contribution in [0.5, 0.6) is 0 Å². The maximum Gasteiger partial charge on any atom is 0.334 e. The third-order valence-corrected chi connectivity index (χ3v) is 3.02. The molecule has 0 bridgehead atoms. The van der Waals surface area contributed by atoms with Crippen molar-refractivity contribution in [2.45, 2.75) is 26.9 Å². The summed E-state index contributed by atoms with van der Waals surface area (Å²) in [7, 11) is 1.25. The first-order valence-corrected chi connectivity index (χ1v) is 6.03. The molecule has 0 fully saturated rings. The van der Waals surface area contributed by atoms with E-state index in [0.717, 1.165) is 0 Å². The van der Waals surface area contributed by atoms with Crippen molar-refractivity contribution in [2.75, 3.05) is 13.7 Å². The number of carboxylic acid groups (broad SMARTS) is 1. The van der Waals surface area contributed by atoms with Crippen molar-refractivity contribution in [1.29, 1.82) is 0 Å². The van der Waals surface area contributed by atoms with E-state index in [0.29, 0.717) is 16.8 Å². The number of ketones is 1. The molecule has 3 N–H and O–H groups in total. The number of aromatic nitrogens is 1. The predicted molar refractivity (Wildman–Crippen MR) is 71.0 cm³/mol. The van der Waals surface area contributed by atoms with E-state index in [1.54, 1.807) is 13.8 Å². The molecule has 0 aliphatic heterocycles. The molecule has 0 saturated carbocycles. The van der Waals surface area contributed by atoms with Crippen LogP contribution in [-0.4, -0.2) is 47.5 Å². The highest BCUT2D eigenvalue weighted by molar-refractivity contribution is 6.02. The third-order valence-electron chi connectivity index (χ3n) is 3.02. The number of methoxy groups -OCH3 is 1. The second kappa shape index (κ2) is 6.33. The van der Waals surface area contributed by atoms with Gasteiger partial charge < -0.3 is 20.1 Å². The lowest BCUT2D eigenvalue weighted by Crippen LogP contribution is -2.38. The molecule has 1 aromatic rings. The number of Topliss-reactive ketones (excluding diaryl/α,β-unsaturated/α-hetero) is 1. The van der Waals surface area contributed by atoms with E-state index in [4.69, 9.17) is 9.84 Å². The number of amides is 1. The minimum Gasteiger partial charge on any atom is -0.479 e. The van der Waals surface area contributed by atoms with Gasteiger partial charge in [-0.15, -0.1) is 0 Å². The van der Waals surface area contributed by atoms with Crippen molar-refractivity contribution in [2.24, 2.45) is 0 Å². The van der Waals surface area contributed by atoms with Crippen molar-refractivity contribution in [1.82, 2.24) is 10.3 Å². The van der Waals surface area contributed by atoms with Gasteiger partial charge in [0, 0.05) is 18.4 Å². The van der Waals surface area contributed by atoms with Gasteiger partial charge in [-0.1, -0.05) is 0 Å². The molecule has 1 atom stereocenters. The Labute approximate surface area is 116 Å². The van der Waals surface area contributed by atoms with Gasteiger partial charge in [0.15, 0.2) is 11.9 Å². The number of aliphatic carboxylic acids is 1. The third kappa shape index (κ3) is 3.24. The van der Waals surface area contributed by atoms with E-state index >= 15 is 0 Å². The van der Waals surface area contributed by atoms with Crippen LogP contribution in [0.1, 0.15) is 39.0 Å². The summed E-state index contributed by atoms with van der Waals surface area (Å²) in [5.41, 5.74) is 1.91. The Morgan fingerprint density at radius 2 is 1.95 bits per heavy atom. The molecular formula is C13H18N2O5. The van der Waals surface area contributed by atoms with Crippen LogP contribution in [-0.2, 0) is 9.53 Å². The van der Waals surface area contributed by atoms with Gasteiger partial charge in [0.2, 0.25) is 0 Å². The van der Waals surface area contributed by atoms with Gasteiger partial charge >= 0.3 is 5.97 Å². The van der Waals surface area contributed by atoms with Crippen LogP contribution in [0.3, 0.4) is 0 Å². The number of ether oxygens (including phenoxy) is 1. The van der Waals surface area contributed by atoms with Gasteiger partial charge in [0.1, 0.15) is 5.69 Å². The smallest absolute Gasteiger partial charge is 0.334 e. The highest BCUT2D eigenvalue weighted by Gasteiger charge is 2.22. The van der Waals surface area contributed by atoms with Crippen molar-refractivity contribution >= 4 is 17.7 Å². The van der Waals surface area contributed by atoms with Crippen molar-refractivity contribution in [3.05, 3.63) is 22.5 Å². The molecule has 0 aliphatic carbocycles. The lowest BCUT2D eigenvalue weighted by molar-refractivity contribution is -0.148. The molecule has 7 heteroatoms. The van der Waals surface area contributed by atoms with Gasteiger partial charge in [0.25, 0.3) is 5.91 Å². The molecule has 110 valence electrons. The Balaban J connectivity index is 2.86. The van der Waals surface area contributed by atoms with Gasteiger partial charge in [-0.25, -0.2) is 4.79 Å². The second-order valence-electron chi connectivity index (χ2n) is 4.45. The molecular weight excluding hydrogens is 264 g/mol. The van der Waals surface area contributed by atoms with Crippen LogP contribution >= 0.6 is 0 Å². The monoisotopic (exact) mass is 282 g/mol. The fourth-order valence-electron chi connectivity index (χ4n) is 2.05. The number of carbonyl (C=O) groups excluding carboxylic acids is 2. The first-order valence-electron chi connectivity index (χ1n) is 6.03. The summed E-state index contributed by atoms with van der Waals surface area (Å²) in [6.07, 6.45) is -1.11. The Morgan fingerprint density at radius 3 is 2.35 bits per heavy atom. The molecule has 1 amide bonds. The van der Waals surface area contributed by atoms with E-state index in [9.17, 15) is 14.4 Å². The zero-order valence-corrected chi connectivity index (χ0v) is 11.9. The fraction of sp³-hybridized carbons (Fsp3) is 0.462. The van der Waals surface area contributed by atoms with Crippen molar-refractivity contribution in [3.63, 3.8) is 0 Å². The summed E-state index contributed by atoms with van der Waals surface area (Å²) < 4.78 is 4.72. The zero-order valence-electron chi connectivity index (χ0n) is 11.9. The summed E-state index contributed by atoms with van der Waals surface area (Å²) in [6.45, 7) is 4.64. The minimum atomic E-state index is -1.16. The maximum absolute atomic E-state index is 12.0. The molecule has 0 saturated heterocycles. The molecule has 7 nitrogen and oxygen atoms in total. The summed E-state index contributed by atoms with van der Waals surface area (Å²) in [4.78, 5) is 37.1. The number of hydrogen-bond donors (Lipinski definition) is 3. The summed E-state index contributed by atoms with van der Waals surface area (Å²) in [6, 6.07) is 0. The average Bonchev–Trinajstić information content (AvgIpc) is 2.64. The molecule has 0 spiro atoms. The van der Waals surface area contributed by atoms with Crippen LogP contribution in [0.15, 0.2) is 0 Å². The number of nitrogens with one attached hydrogen (secondary N) is 2. The number of carboxylic acids is 1. The number of H-pyrrole nitrogens is 1. The number of aromatic amines is 1. The van der Waals surface area contributed by atoms with E-state index in [1.165, 1.54) is 14.0 Å². The molecule has 1 aromatic heterocycles. The van der Waals surface area contributed by atoms with Gasteiger partial charge in [-0.05, 0) is 26.3 Å². The highest BCUT2D eigenvalue weighted by Crippen LogP contribution is 2.18. The summed E-state index contributed by atoms with van der Waals surface area (Å²) in [5, 5.41) is 11.3. The van der Waals surface area contributed by atoms with Crippen molar-refractivity contribution < 1.29 is 24.2 Å². The Kier molecular flexibility index (Phi) is 5.04. The second-order valence-corrected chi connectivity index (χ2v) is 4.45. The zero-order chi connectivity index (χ0) is 15.4. The number of carbonyl (C=O) groups is 3. The van der Waals surface area contributed by atoms with E-state index < -0.39 is 18.0 Å². The molecule has 1 rings (SSSR count). The number of rotatable bonds is 6. The van der Waals surface area contributed by atoms with E-state index in [2.05, 4.69) is 10.3 Å². The fourth-order valence-corrected chi connectivity index (χ4v) is 2.05. The number of aryl methyl sites for hydroxylation is 1. The molecule has 0 aliphatic rings. The van der Waals surface area contributed by atoms with Gasteiger partial charge in [0.05, 0.1) is 6.54 Å². The quantitative estimate of drug-likeness (QED) is 0.664. The van der Waals surface area contributed by atoms with E-state index in [-0.39, 0.29) is 18.0 Å². The topological polar surface area (TPSA) is 108 Å². The van der Waals surface area contributed by atoms with Crippen LogP contribution in [0, 0.1) is 13.8 Å². The van der Waals surface area contributed by atoms with E-state index in [1.807, 2.05) is 0 Å². The largest absolute Gasteiger partial charge is 0.479 e. The molecule has 0 radical (unpaired) electrons. The summed E-state index contributed by atoms with van der Waals surface area (Å²) >= 11 is 0. The Bertz CT molecular complexity index is 547. The molecule has 0 aromatic carbocycles. The standard InChI is InChI=1S/C13H18N2O5/c1-6-10(8(3)16)7(2)15-11(6)12(17)14-5-9(20-4)13(18)19/h9,15H,5H2,1-4H3,(H,14,17)(H,18,19). The summed E-state index contributed by atoms with van der Waals surface area (Å²) in [5.74, 6) is -1.76. The first-order chi connectivity index (χ1) is 9.29. The van der Waals surface area contributed by atoms with Crippen LogP contribution in [0.25, 0.3) is 0 Å².